The standard InChI is InChI=1S/C30H27ClF6N4O/c31-26-16-21(9-12-38-26)18-39-27(42)41-19-28(24-17-23(30(35,36)37)7-8-25(24)41)10-14-40(15-11-28)13-1-2-20-3-5-22(6-4-20)29(32,33)34/h1-9,12,16-17H,10-11,13-15,18-19H2,(H,39,42)/b2-1+. The highest BCUT2D eigenvalue weighted by molar-refractivity contribution is 6.29. The maximum Gasteiger partial charge on any atom is 0.416 e. The number of fused-ring (bicyclic) bond motifs is 2. The van der Waals surface area contributed by atoms with Crippen LogP contribution in [0.25, 0.3) is 6.08 Å². The number of rotatable bonds is 5. The average Bonchev–Trinajstić information content (AvgIpc) is 3.25. The smallest absolute Gasteiger partial charge is 0.334 e. The summed E-state index contributed by atoms with van der Waals surface area (Å²) in [6.07, 6.45) is -2.71. The van der Waals surface area contributed by atoms with Gasteiger partial charge < -0.3 is 5.32 Å². The van der Waals surface area contributed by atoms with Gasteiger partial charge in [0.05, 0.1) is 11.1 Å². The minimum Gasteiger partial charge on any atom is -0.334 e. The Hall–Kier alpha value is -3.57. The van der Waals surface area contributed by atoms with Gasteiger partial charge in [0.15, 0.2) is 0 Å². The molecule has 0 unspecified atom stereocenters. The van der Waals surface area contributed by atoms with Gasteiger partial charge in [0.25, 0.3) is 0 Å². The van der Waals surface area contributed by atoms with Crippen molar-refractivity contribution in [3.05, 3.63) is 99.8 Å². The largest absolute Gasteiger partial charge is 0.416 e. The minimum atomic E-state index is -4.52. The SMILES string of the molecule is O=C(NCc1ccnc(Cl)c1)N1CC2(CCN(C/C=C/c3ccc(C(F)(F)F)cc3)CC2)c2cc(C(F)(F)F)ccc21. The quantitative estimate of drug-likeness (QED) is 0.240. The number of aromatic nitrogens is 1. The lowest BCUT2D eigenvalue weighted by Gasteiger charge is -2.39. The maximum absolute atomic E-state index is 13.7. The molecule has 2 aromatic carbocycles. The summed E-state index contributed by atoms with van der Waals surface area (Å²) >= 11 is 5.93. The molecule has 0 bridgehead atoms. The van der Waals surface area contributed by atoms with Gasteiger partial charge in [-0.25, -0.2) is 9.78 Å². The van der Waals surface area contributed by atoms with Crippen LogP contribution in [0.1, 0.15) is 40.7 Å². The number of anilines is 1. The molecule has 222 valence electrons. The molecule has 2 aliphatic rings. The van der Waals surface area contributed by atoms with Crippen LogP contribution in [0.2, 0.25) is 5.15 Å². The first-order chi connectivity index (χ1) is 19.8. The number of carbonyl (C=O) groups excluding carboxylic acids is 1. The van der Waals surface area contributed by atoms with E-state index in [9.17, 15) is 31.1 Å². The number of likely N-dealkylation sites (tertiary alicyclic amines) is 1. The van der Waals surface area contributed by atoms with Crippen molar-refractivity contribution in [3.63, 3.8) is 0 Å². The van der Waals surface area contributed by atoms with Crippen LogP contribution < -0.4 is 10.2 Å². The molecule has 3 heterocycles. The lowest BCUT2D eigenvalue weighted by atomic mass is 9.74. The number of pyridine rings is 1. The van der Waals surface area contributed by atoms with Gasteiger partial charge in [0, 0.05) is 36.9 Å². The summed E-state index contributed by atoms with van der Waals surface area (Å²) in [6, 6.07) is 11.3. The fraction of sp³-hybridized carbons (Fsp3) is 0.333. The van der Waals surface area contributed by atoms with E-state index in [2.05, 4.69) is 15.2 Å². The number of piperidine rings is 1. The van der Waals surface area contributed by atoms with E-state index in [0.717, 1.165) is 23.8 Å². The summed E-state index contributed by atoms with van der Waals surface area (Å²) in [5.74, 6) is 0. The predicted molar refractivity (Wildman–Crippen MR) is 148 cm³/mol. The molecule has 5 nitrogen and oxygen atoms in total. The highest BCUT2D eigenvalue weighted by atomic mass is 35.5. The normalized spacial score (nSPS) is 17.2. The Morgan fingerprint density at radius 1 is 0.952 bits per heavy atom. The summed E-state index contributed by atoms with van der Waals surface area (Å²) in [6.45, 7) is 2.13. The Morgan fingerprint density at radius 2 is 1.62 bits per heavy atom. The molecule has 0 atom stereocenters. The molecule has 1 aromatic heterocycles. The van der Waals surface area contributed by atoms with Crippen molar-refractivity contribution in [2.24, 2.45) is 0 Å². The fourth-order valence-electron chi connectivity index (χ4n) is 5.56. The Balaban J connectivity index is 1.28. The Bertz CT molecular complexity index is 1460. The van der Waals surface area contributed by atoms with Crippen LogP contribution in [0.5, 0.6) is 0 Å². The Kier molecular flexibility index (Phi) is 8.26. The fourth-order valence-corrected chi connectivity index (χ4v) is 5.76. The number of hydrogen-bond donors (Lipinski definition) is 1. The van der Waals surface area contributed by atoms with E-state index >= 15 is 0 Å². The van der Waals surface area contributed by atoms with E-state index in [1.165, 1.54) is 35.4 Å². The van der Waals surface area contributed by atoms with Crippen LogP contribution in [0.3, 0.4) is 0 Å². The number of carbonyl (C=O) groups is 1. The topological polar surface area (TPSA) is 48.5 Å². The zero-order chi connectivity index (χ0) is 30.1. The number of benzene rings is 2. The van der Waals surface area contributed by atoms with Crippen molar-refractivity contribution in [2.45, 2.75) is 37.2 Å². The molecule has 0 aliphatic carbocycles. The molecule has 0 radical (unpaired) electrons. The van der Waals surface area contributed by atoms with Gasteiger partial charge in [-0.2, -0.15) is 26.3 Å². The van der Waals surface area contributed by atoms with Gasteiger partial charge in [-0.15, -0.1) is 0 Å². The van der Waals surface area contributed by atoms with Crippen LogP contribution >= 0.6 is 11.6 Å². The van der Waals surface area contributed by atoms with Gasteiger partial charge in [0.1, 0.15) is 5.15 Å². The molecule has 12 heteroatoms. The van der Waals surface area contributed by atoms with Gasteiger partial charge in [0.2, 0.25) is 0 Å². The second kappa shape index (κ2) is 11.6. The van der Waals surface area contributed by atoms with E-state index in [4.69, 9.17) is 11.6 Å². The van der Waals surface area contributed by atoms with Crippen LogP contribution in [0.4, 0.5) is 36.8 Å². The van der Waals surface area contributed by atoms with Crippen LogP contribution in [-0.4, -0.2) is 42.1 Å². The second-order valence-corrected chi connectivity index (χ2v) is 11.0. The highest BCUT2D eigenvalue weighted by Crippen LogP contribution is 2.48. The van der Waals surface area contributed by atoms with Gasteiger partial charge in [-0.3, -0.25) is 9.80 Å². The van der Waals surface area contributed by atoms with Crippen LogP contribution in [0.15, 0.2) is 66.9 Å². The van der Waals surface area contributed by atoms with Crippen LogP contribution in [-0.2, 0) is 24.3 Å². The first-order valence-corrected chi connectivity index (χ1v) is 13.7. The molecular weight excluding hydrogens is 582 g/mol. The lowest BCUT2D eigenvalue weighted by molar-refractivity contribution is -0.138. The Morgan fingerprint density at radius 3 is 2.26 bits per heavy atom. The molecule has 1 spiro atoms. The molecule has 1 N–H and O–H groups in total. The molecular formula is C30H27ClF6N4O. The van der Waals surface area contributed by atoms with Crippen molar-refractivity contribution >= 4 is 29.4 Å². The number of halogens is 7. The van der Waals surface area contributed by atoms with Gasteiger partial charge >= 0.3 is 18.4 Å². The number of nitrogens with zero attached hydrogens (tertiary/aromatic N) is 3. The zero-order valence-electron chi connectivity index (χ0n) is 22.3. The number of alkyl halides is 6. The van der Waals surface area contributed by atoms with Gasteiger partial charge in [-0.05, 0) is 85.1 Å². The van der Waals surface area contributed by atoms with E-state index in [1.54, 1.807) is 18.2 Å². The highest BCUT2D eigenvalue weighted by Gasteiger charge is 2.47. The molecule has 1 saturated heterocycles. The van der Waals surface area contributed by atoms with Gasteiger partial charge in [-0.1, -0.05) is 35.9 Å². The van der Waals surface area contributed by atoms with Crippen LogP contribution in [0, 0.1) is 0 Å². The van der Waals surface area contributed by atoms with E-state index in [1.807, 2.05) is 6.08 Å². The second-order valence-electron chi connectivity index (χ2n) is 10.6. The molecule has 42 heavy (non-hydrogen) atoms. The third kappa shape index (κ3) is 6.57. The van der Waals surface area contributed by atoms with Crippen molar-refractivity contribution in [1.29, 1.82) is 0 Å². The zero-order valence-corrected chi connectivity index (χ0v) is 23.0. The molecule has 3 aromatic rings. The molecule has 2 aliphatic heterocycles. The lowest BCUT2D eigenvalue weighted by Crippen LogP contribution is -2.47. The molecule has 2 amide bonds. The van der Waals surface area contributed by atoms with Crippen molar-refractivity contribution in [3.8, 4) is 0 Å². The van der Waals surface area contributed by atoms with Crippen molar-refractivity contribution in [1.82, 2.24) is 15.2 Å². The van der Waals surface area contributed by atoms with E-state index < -0.39 is 34.9 Å². The first-order valence-electron chi connectivity index (χ1n) is 13.3. The maximum atomic E-state index is 13.7. The number of amides is 2. The summed E-state index contributed by atoms with van der Waals surface area (Å²) in [5.41, 5.74) is 0.247. The van der Waals surface area contributed by atoms with Crippen molar-refractivity contribution in [2.75, 3.05) is 31.1 Å². The Labute approximate surface area is 243 Å². The third-order valence-electron chi connectivity index (χ3n) is 7.85. The van der Waals surface area contributed by atoms with E-state index in [0.29, 0.717) is 49.3 Å². The summed E-state index contributed by atoms with van der Waals surface area (Å²) < 4.78 is 79.3. The molecule has 0 saturated carbocycles. The first kappa shape index (κ1) is 29.9. The monoisotopic (exact) mass is 608 g/mol. The number of urea groups is 1. The van der Waals surface area contributed by atoms with E-state index in [-0.39, 0.29) is 18.2 Å². The third-order valence-corrected chi connectivity index (χ3v) is 8.06. The number of nitrogens with one attached hydrogen (secondary N) is 1. The molecule has 1 fully saturated rings. The predicted octanol–water partition coefficient (Wildman–Crippen LogP) is 7.55. The minimum absolute atomic E-state index is 0.180. The summed E-state index contributed by atoms with van der Waals surface area (Å²) in [4.78, 5) is 20.8. The average molecular weight is 609 g/mol. The molecule has 5 rings (SSSR count). The number of hydrogen-bond acceptors (Lipinski definition) is 3. The summed E-state index contributed by atoms with van der Waals surface area (Å²) in [7, 11) is 0. The summed E-state index contributed by atoms with van der Waals surface area (Å²) in [5, 5.41) is 3.12. The van der Waals surface area contributed by atoms with Crippen molar-refractivity contribution < 1.29 is 31.1 Å².